The van der Waals surface area contributed by atoms with E-state index in [4.69, 9.17) is 4.98 Å². The van der Waals surface area contributed by atoms with Crippen molar-refractivity contribution < 1.29 is 4.79 Å². The number of carbonyl (C=O) groups is 1. The van der Waals surface area contributed by atoms with Crippen LogP contribution in [0, 0.1) is 0 Å². The van der Waals surface area contributed by atoms with Gasteiger partial charge in [0.05, 0.1) is 11.1 Å². The summed E-state index contributed by atoms with van der Waals surface area (Å²) < 4.78 is 0. The first-order valence-electron chi connectivity index (χ1n) is 8.61. The molecule has 25 heavy (non-hydrogen) atoms. The van der Waals surface area contributed by atoms with E-state index in [-0.39, 0.29) is 30.7 Å². The Morgan fingerprint density at radius 2 is 1.80 bits per heavy atom. The molecule has 136 valence electrons. The lowest BCUT2D eigenvalue weighted by atomic mass is 10.0. The van der Waals surface area contributed by atoms with Gasteiger partial charge in [-0.3, -0.25) is 9.78 Å². The van der Waals surface area contributed by atoms with E-state index in [0.717, 1.165) is 48.1 Å². The van der Waals surface area contributed by atoms with Gasteiger partial charge in [0.25, 0.3) is 5.91 Å². The Hall–Kier alpha value is -1.36. The number of nitrogens with zero attached hydrogens (tertiary/aromatic N) is 2. The lowest BCUT2D eigenvalue weighted by molar-refractivity contribution is 0.0705. The third kappa shape index (κ3) is 4.08. The number of piperidine rings is 1. The molecule has 0 spiro atoms. The Kier molecular flexibility index (Phi) is 6.66. The summed E-state index contributed by atoms with van der Waals surface area (Å²) in [7, 11) is 1.95. The Morgan fingerprint density at radius 3 is 2.48 bits per heavy atom. The van der Waals surface area contributed by atoms with Gasteiger partial charge in [0.15, 0.2) is 0 Å². The van der Waals surface area contributed by atoms with Crippen LogP contribution in [0.5, 0.6) is 0 Å². The van der Waals surface area contributed by atoms with Crippen LogP contribution < -0.4 is 5.32 Å². The van der Waals surface area contributed by atoms with Crippen molar-refractivity contribution in [3.63, 3.8) is 0 Å². The molecule has 4 nitrogen and oxygen atoms in total. The number of carbonyl (C=O) groups excluding carboxylic acids is 1. The number of benzene rings is 1. The number of halogens is 2. The highest BCUT2D eigenvalue weighted by atomic mass is 35.5. The van der Waals surface area contributed by atoms with Crippen molar-refractivity contribution in [2.24, 2.45) is 0 Å². The predicted octanol–water partition coefficient (Wildman–Crippen LogP) is 3.78. The fraction of sp³-hybridized carbons (Fsp3) is 0.474. The van der Waals surface area contributed by atoms with Gasteiger partial charge in [-0.25, -0.2) is 0 Å². The van der Waals surface area contributed by atoms with Gasteiger partial charge in [0, 0.05) is 30.1 Å². The second kappa shape index (κ2) is 8.35. The summed E-state index contributed by atoms with van der Waals surface area (Å²) in [6.07, 6.45) is 4.45. The molecule has 1 aliphatic heterocycles. The molecule has 1 N–H and O–H groups in total. The summed E-state index contributed by atoms with van der Waals surface area (Å²) in [4.78, 5) is 19.8. The van der Waals surface area contributed by atoms with Crippen molar-refractivity contribution in [3.05, 3.63) is 41.6 Å². The number of aromatic nitrogens is 1. The minimum Gasteiger partial charge on any atom is -0.339 e. The molecule has 4 rings (SSSR count). The van der Waals surface area contributed by atoms with Gasteiger partial charge in [-0.2, -0.15) is 0 Å². The average Bonchev–Trinajstić information content (AvgIpc) is 3.45. The molecule has 0 bridgehead atoms. The zero-order valence-corrected chi connectivity index (χ0v) is 16.0. The van der Waals surface area contributed by atoms with Crippen LogP contribution in [0.15, 0.2) is 30.3 Å². The van der Waals surface area contributed by atoms with Gasteiger partial charge in [0.1, 0.15) is 0 Å². The quantitative estimate of drug-likeness (QED) is 0.879. The molecule has 0 radical (unpaired) electrons. The van der Waals surface area contributed by atoms with Gasteiger partial charge in [-0.15, -0.1) is 24.8 Å². The monoisotopic (exact) mass is 381 g/mol. The Morgan fingerprint density at radius 1 is 1.12 bits per heavy atom. The van der Waals surface area contributed by atoms with E-state index in [9.17, 15) is 4.79 Å². The Bertz CT molecular complexity index is 743. The number of hydrogen-bond acceptors (Lipinski definition) is 3. The number of fused-ring (bicyclic) bond motifs is 1. The molecule has 1 aromatic heterocycles. The van der Waals surface area contributed by atoms with Crippen LogP contribution in [-0.2, 0) is 0 Å². The first-order valence-corrected chi connectivity index (χ1v) is 8.61. The topological polar surface area (TPSA) is 45.2 Å². The van der Waals surface area contributed by atoms with Crippen LogP contribution in [0.2, 0.25) is 0 Å². The van der Waals surface area contributed by atoms with E-state index in [2.05, 4.69) is 5.32 Å². The van der Waals surface area contributed by atoms with Gasteiger partial charge in [-0.1, -0.05) is 18.2 Å². The lowest BCUT2D eigenvalue weighted by Crippen LogP contribution is -2.44. The van der Waals surface area contributed by atoms with Crippen molar-refractivity contribution in [1.82, 2.24) is 15.2 Å². The predicted molar refractivity (Wildman–Crippen MR) is 106 cm³/mol. The van der Waals surface area contributed by atoms with Gasteiger partial charge < -0.3 is 10.2 Å². The smallest absolute Gasteiger partial charge is 0.254 e. The molecule has 1 saturated heterocycles. The molecule has 1 amide bonds. The minimum absolute atomic E-state index is 0. The Balaban J connectivity index is 0.00000113. The van der Waals surface area contributed by atoms with Crippen molar-refractivity contribution >= 4 is 41.6 Å². The largest absolute Gasteiger partial charge is 0.339 e. The molecular formula is C19H25Cl2N3O. The summed E-state index contributed by atoms with van der Waals surface area (Å²) in [5.74, 6) is 0.688. The zero-order chi connectivity index (χ0) is 15.8. The van der Waals surface area contributed by atoms with E-state index >= 15 is 0 Å². The standard InChI is InChI=1S/C19H23N3O.2ClH/c1-22(14-8-10-20-11-9-14)19(23)16-12-18(13-6-7-13)21-17-5-3-2-4-15(16)17;;/h2-5,12-14,20H,6-11H2,1H3;2*1H. The highest BCUT2D eigenvalue weighted by molar-refractivity contribution is 6.06. The number of pyridine rings is 1. The van der Waals surface area contributed by atoms with Crippen LogP contribution in [0.4, 0.5) is 0 Å². The maximum Gasteiger partial charge on any atom is 0.254 e. The highest BCUT2D eigenvalue weighted by Crippen LogP contribution is 2.40. The molecule has 2 aromatic rings. The van der Waals surface area contributed by atoms with Crippen LogP contribution in [0.3, 0.4) is 0 Å². The highest BCUT2D eigenvalue weighted by Gasteiger charge is 2.29. The molecule has 2 fully saturated rings. The van der Waals surface area contributed by atoms with Crippen molar-refractivity contribution in [2.45, 2.75) is 37.6 Å². The number of hydrogen-bond donors (Lipinski definition) is 1. The SMILES string of the molecule is CN(C(=O)c1cc(C2CC2)nc2ccccc12)C1CCNCC1.Cl.Cl. The summed E-state index contributed by atoms with van der Waals surface area (Å²) in [5, 5.41) is 4.34. The third-order valence-corrected chi connectivity index (χ3v) is 5.14. The summed E-state index contributed by atoms with van der Waals surface area (Å²) in [6.45, 7) is 1.99. The van der Waals surface area contributed by atoms with E-state index < -0.39 is 0 Å². The molecule has 0 atom stereocenters. The maximum atomic E-state index is 13.1. The second-order valence-corrected chi connectivity index (χ2v) is 6.78. The maximum absolute atomic E-state index is 13.1. The van der Waals surface area contributed by atoms with Crippen molar-refractivity contribution in [1.29, 1.82) is 0 Å². The van der Waals surface area contributed by atoms with Crippen LogP contribution in [0.1, 0.15) is 47.7 Å². The van der Waals surface area contributed by atoms with Crippen LogP contribution in [-0.4, -0.2) is 42.0 Å². The molecule has 2 aliphatic rings. The van der Waals surface area contributed by atoms with Gasteiger partial charge >= 0.3 is 0 Å². The van der Waals surface area contributed by atoms with Crippen LogP contribution in [0.25, 0.3) is 10.9 Å². The molecule has 6 heteroatoms. The lowest BCUT2D eigenvalue weighted by Gasteiger charge is -2.32. The van der Waals surface area contributed by atoms with E-state index in [1.165, 1.54) is 12.8 Å². The van der Waals surface area contributed by atoms with Crippen molar-refractivity contribution in [3.8, 4) is 0 Å². The average molecular weight is 382 g/mol. The fourth-order valence-electron chi connectivity index (χ4n) is 3.51. The third-order valence-electron chi connectivity index (χ3n) is 5.14. The number of para-hydroxylation sites is 1. The van der Waals surface area contributed by atoms with Crippen molar-refractivity contribution in [2.75, 3.05) is 20.1 Å². The summed E-state index contributed by atoms with van der Waals surface area (Å²) in [6, 6.07) is 10.4. The number of amides is 1. The molecule has 1 aliphatic carbocycles. The van der Waals surface area contributed by atoms with E-state index in [1.54, 1.807) is 0 Å². The molecule has 1 aromatic carbocycles. The summed E-state index contributed by atoms with van der Waals surface area (Å²) in [5.41, 5.74) is 2.85. The van der Waals surface area contributed by atoms with Crippen LogP contribution >= 0.6 is 24.8 Å². The normalized spacial score (nSPS) is 17.5. The minimum atomic E-state index is 0. The summed E-state index contributed by atoms with van der Waals surface area (Å²) >= 11 is 0. The molecule has 2 heterocycles. The fourth-order valence-corrected chi connectivity index (χ4v) is 3.51. The van der Waals surface area contributed by atoms with Gasteiger partial charge in [0.2, 0.25) is 0 Å². The van der Waals surface area contributed by atoms with E-state index in [1.807, 2.05) is 42.3 Å². The molecule has 0 unspecified atom stereocenters. The van der Waals surface area contributed by atoms with E-state index in [0.29, 0.717) is 12.0 Å². The number of rotatable bonds is 3. The second-order valence-electron chi connectivity index (χ2n) is 6.78. The zero-order valence-electron chi connectivity index (χ0n) is 14.4. The first-order chi connectivity index (χ1) is 11.2. The van der Waals surface area contributed by atoms with Gasteiger partial charge in [-0.05, 0) is 50.9 Å². The molecular weight excluding hydrogens is 357 g/mol. The number of nitrogens with one attached hydrogen (secondary N) is 1. The Labute approximate surface area is 161 Å². The first kappa shape index (κ1) is 20.0. The molecule has 1 saturated carbocycles.